The Kier molecular flexibility index (Phi) is 6.25. The molecule has 1 unspecified atom stereocenters. The smallest absolute Gasteiger partial charge is 0.213 e. The van der Waals surface area contributed by atoms with E-state index in [0.29, 0.717) is 24.9 Å². The highest BCUT2D eigenvalue weighted by Crippen LogP contribution is 2.23. The van der Waals surface area contributed by atoms with Gasteiger partial charge in [-0.25, -0.2) is 4.98 Å². The molecule has 0 amide bonds. The first-order valence-corrected chi connectivity index (χ1v) is 8.83. The first kappa shape index (κ1) is 17.7. The number of likely N-dealkylation sites (tertiary alicyclic amines) is 1. The normalized spacial score (nSPS) is 17.2. The van der Waals surface area contributed by atoms with Gasteiger partial charge in [-0.3, -0.25) is 0 Å². The molecule has 1 atom stereocenters. The van der Waals surface area contributed by atoms with Crippen LogP contribution >= 0.6 is 0 Å². The number of pyridine rings is 1. The Morgan fingerprint density at radius 1 is 1.20 bits per heavy atom. The average Bonchev–Trinajstić information content (AvgIpc) is 2.68. The van der Waals surface area contributed by atoms with Crippen molar-refractivity contribution in [2.75, 3.05) is 33.4 Å². The molecule has 0 aliphatic carbocycles. The van der Waals surface area contributed by atoms with Gasteiger partial charge in [0.15, 0.2) is 0 Å². The second kappa shape index (κ2) is 8.83. The molecule has 1 aromatic heterocycles. The maximum absolute atomic E-state index is 10.5. The summed E-state index contributed by atoms with van der Waals surface area (Å²) in [6, 6.07) is 13.4. The summed E-state index contributed by atoms with van der Waals surface area (Å²) in [5, 5.41) is 10.5. The van der Waals surface area contributed by atoms with Crippen LogP contribution < -0.4 is 9.47 Å². The van der Waals surface area contributed by atoms with E-state index in [-0.39, 0.29) is 0 Å². The van der Waals surface area contributed by atoms with Crippen LogP contribution in [-0.4, -0.2) is 48.3 Å². The Labute approximate surface area is 149 Å². The highest BCUT2D eigenvalue weighted by atomic mass is 16.5. The van der Waals surface area contributed by atoms with Crippen molar-refractivity contribution in [3.8, 4) is 11.6 Å². The SMILES string of the molecule is COc1cccc(C(O)CN2CCC(COc3ccccn3)CC2)c1. The van der Waals surface area contributed by atoms with Gasteiger partial charge >= 0.3 is 0 Å². The Bertz CT molecular complexity index is 642. The topological polar surface area (TPSA) is 54.8 Å². The third-order valence-electron chi connectivity index (χ3n) is 4.72. The van der Waals surface area contributed by atoms with Crippen LogP contribution in [0.4, 0.5) is 0 Å². The maximum Gasteiger partial charge on any atom is 0.213 e. The van der Waals surface area contributed by atoms with E-state index in [1.807, 2.05) is 42.5 Å². The molecule has 0 saturated carbocycles. The maximum atomic E-state index is 10.5. The van der Waals surface area contributed by atoms with Crippen molar-refractivity contribution in [3.63, 3.8) is 0 Å². The molecule has 0 bridgehead atoms. The number of nitrogens with zero attached hydrogens (tertiary/aromatic N) is 2. The van der Waals surface area contributed by atoms with E-state index >= 15 is 0 Å². The highest BCUT2D eigenvalue weighted by molar-refractivity contribution is 5.29. The molecule has 1 aliphatic heterocycles. The summed E-state index contributed by atoms with van der Waals surface area (Å²) in [5.74, 6) is 2.02. The number of hydrogen-bond acceptors (Lipinski definition) is 5. The van der Waals surface area contributed by atoms with Crippen molar-refractivity contribution in [1.29, 1.82) is 0 Å². The molecule has 0 radical (unpaired) electrons. The van der Waals surface area contributed by atoms with E-state index in [9.17, 15) is 5.11 Å². The molecule has 1 aliphatic rings. The Morgan fingerprint density at radius 2 is 2.04 bits per heavy atom. The van der Waals surface area contributed by atoms with E-state index in [4.69, 9.17) is 9.47 Å². The zero-order chi connectivity index (χ0) is 17.5. The average molecular weight is 342 g/mol. The van der Waals surface area contributed by atoms with Gasteiger partial charge in [-0.05, 0) is 55.6 Å². The molecule has 1 fully saturated rings. The van der Waals surface area contributed by atoms with Crippen molar-refractivity contribution >= 4 is 0 Å². The number of benzene rings is 1. The molecule has 2 aromatic rings. The highest BCUT2D eigenvalue weighted by Gasteiger charge is 2.22. The summed E-state index contributed by atoms with van der Waals surface area (Å²) >= 11 is 0. The van der Waals surface area contributed by atoms with Crippen molar-refractivity contribution in [1.82, 2.24) is 9.88 Å². The number of piperidine rings is 1. The minimum absolute atomic E-state index is 0.489. The summed E-state index contributed by atoms with van der Waals surface area (Å²) in [6.45, 7) is 3.33. The minimum Gasteiger partial charge on any atom is -0.497 e. The van der Waals surface area contributed by atoms with Gasteiger partial charge in [0, 0.05) is 18.8 Å². The molecule has 0 spiro atoms. The number of methoxy groups -OCH3 is 1. The zero-order valence-corrected chi connectivity index (χ0v) is 14.7. The molecular weight excluding hydrogens is 316 g/mol. The van der Waals surface area contributed by atoms with Crippen molar-refractivity contribution in [3.05, 3.63) is 54.2 Å². The first-order chi connectivity index (χ1) is 12.2. The van der Waals surface area contributed by atoms with E-state index in [0.717, 1.165) is 37.2 Å². The molecule has 5 heteroatoms. The number of aromatic nitrogens is 1. The number of β-amino-alcohol motifs (C(OH)–C–C–N with tert-alkyl or cyclic N) is 1. The van der Waals surface area contributed by atoms with Crippen LogP contribution in [-0.2, 0) is 0 Å². The van der Waals surface area contributed by atoms with Crippen molar-refractivity contribution in [2.24, 2.45) is 5.92 Å². The fraction of sp³-hybridized carbons (Fsp3) is 0.450. The molecule has 134 valence electrons. The molecule has 1 N–H and O–H groups in total. The second-order valence-electron chi connectivity index (χ2n) is 6.52. The lowest BCUT2D eigenvalue weighted by atomic mass is 9.97. The van der Waals surface area contributed by atoms with Crippen molar-refractivity contribution < 1.29 is 14.6 Å². The molecule has 5 nitrogen and oxygen atoms in total. The summed E-state index contributed by atoms with van der Waals surface area (Å²) in [4.78, 5) is 6.51. The number of aliphatic hydroxyl groups excluding tert-OH is 1. The quantitative estimate of drug-likeness (QED) is 0.838. The van der Waals surface area contributed by atoms with Gasteiger partial charge < -0.3 is 19.5 Å². The van der Waals surface area contributed by atoms with Crippen LogP contribution in [0.15, 0.2) is 48.7 Å². The Balaban J connectivity index is 1.42. The van der Waals surface area contributed by atoms with Gasteiger partial charge in [-0.2, -0.15) is 0 Å². The van der Waals surface area contributed by atoms with Crippen molar-refractivity contribution in [2.45, 2.75) is 18.9 Å². The largest absolute Gasteiger partial charge is 0.497 e. The molecule has 3 rings (SSSR count). The molecular formula is C20H26N2O3. The van der Waals surface area contributed by atoms with E-state index < -0.39 is 6.10 Å². The first-order valence-electron chi connectivity index (χ1n) is 8.83. The van der Waals surface area contributed by atoms with Crippen LogP contribution in [0.2, 0.25) is 0 Å². The third kappa shape index (κ3) is 5.18. The summed E-state index contributed by atoms with van der Waals surface area (Å²) in [7, 11) is 1.64. The van der Waals surface area contributed by atoms with Gasteiger partial charge in [-0.1, -0.05) is 18.2 Å². The predicted octanol–water partition coefficient (Wildman–Crippen LogP) is 2.91. The van der Waals surface area contributed by atoms with Gasteiger partial charge in [-0.15, -0.1) is 0 Å². The summed E-state index contributed by atoms with van der Waals surface area (Å²) in [5.41, 5.74) is 0.903. The lowest BCUT2D eigenvalue weighted by Crippen LogP contribution is -2.38. The minimum atomic E-state index is -0.489. The van der Waals surface area contributed by atoms with Crippen LogP contribution in [0.25, 0.3) is 0 Å². The lowest BCUT2D eigenvalue weighted by Gasteiger charge is -2.33. The summed E-state index contributed by atoms with van der Waals surface area (Å²) < 4.78 is 11.0. The van der Waals surface area contributed by atoms with Gasteiger partial charge in [0.2, 0.25) is 5.88 Å². The van der Waals surface area contributed by atoms with Crippen LogP contribution in [0.1, 0.15) is 24.5 Å². The van der Waals surface area contributed by atoms with E-state index in [1.165, 1.54) is 0 Å². The molecule has 1 aromatic carbocycles. The third-order valence-corrected chi connectivity index (χ3v) is 4.72. The van der Waals surface area contributed by atoms with Crippen LogP contribution in [0.5, 0.6) is 11.6 Å². The van der Waals surface area contributed by atoms with Crippen LogP contribution in [0.3, 0.4) is 0 Å². The van der Waals surface area contributed by atoms with Crippen LogP contribution in [0, 0.1) is 5.92 Å². The number of ether oxygens (including phenoxy) is 2. The van der Waals surface area contributed by atoms with Gasteiger partial charge in [0.05, 0.1) is 19.8 Å². The fourth-order valence-corrected chi connectivity index (χ4v) is 3.17. The number of rotatable bonds is 7. The standard InChI is InChI=1S/C20H26N2O3/c1-24-18-6-4-5-17(13-18)19(23)14-22-11-8-16(9-12-22)15-25-20-7-2-3-10-21-20/h2-7,10,13,16,19,23H,8-9,11-12,14-15H2,1H3. The lowest BCUT2D eigenvalue weighted by molar-refractivity contribution is 0.0787. The number of hydrogen-bond donors (Lipinski definition) is 1. The number of aliphatic hydroxyl groups is 1. The predicted molar refractivity (Wildman–Crippen MR) is 96.8 cm³/mol. The monoisotopic (exact) mass is 342 g/mol. The molecule has 25 heavy (non-hydrogen) atoms. The van der Waals surface area contributed by atoms with Gasteiger partial charge in [0.25, 0.3) is 0 Å². The second-order valence-corrected chi connectivity index (χ2v) is 6.52. The van der Waals surface area contributed by atoms with E-state index in [1.54, 1.807) is 13.3 Å². The zero-order valence-electron chi connectivity index (χ0n) is 14.7. The Hall–Kier alpha value is -2.11. The van der Waals surface area contributed by atoms with E-state index in [2.05, 4.69) is 9.88 Å². The summed E-state index contributed by atoms with van der Waals surface area (Å²) in [6.07, 6.45) is 3.42. The molecule has 2 heterocycles. The van der Waals surface area contributed by atoms with Gasteiger partial charge in [0.1, 0.15) is 5.75 Å². The molecule has 1 saturated heterocycles. The fourth-order valence-electron chi connectivity index (χ4n) is 3.17. The Morgan fingerprint density at radius 3 is 2.76 bits per heavy atom.